The van der Waals surface area contributed by atoms with Crippen LogP contribution < -0.4 is 0 Å². The topological polar surface area (TPSA) is 17.1 Å². The van der Waals surface area contributed by atoms with Crippen molar-refractivity contribution in [2.24, 2.45) is 5.41 Å². The van der Waals surface area contributed by atoms with Gasteiger partial charge in [0.2, 0.25) is 0 Å². The van der Waals surface area contributed by atoms with Crippen LogP contribution in [0.5, 0.6) is 0 Å². The zero-order valence-corrected chi connectivity index (χ0v) is 9.77. The van der Waals surface area contributed by atoms with Gasteiger partial charge in [-0.25, -0.2) is 0 Å². The predicted octanol–water partition coefficient (Wildman–Crippen LogP) is 4.11. The largest absolute Gasteiger partial charge is 0.299 e. The molecule has 0 heterocycles. The standard InChI is InChI=1S/C13H24O/c1-3-5-9-13(10-6-4-2)11-7-8-12(13)14/h3-11H2,1-2H3. The molecule has 0 atom stereocenters. The average Bonchev–Trinajstić information content (AvgIpc) is 2.55. The van der Waals surface area contributed by atoms with Gasteiger partial charge in [-0.15, -0.1) is 0 Å². The fraction of sp³-hybridized carbons (Fsp3) is 0.923. The minimum Gasteiger partial charge on any atom is -0.299 e. The molecule has 0 saturated heterocycles. The van der Waals surface area contributed by atoms with E-state index in [1.54, 1.807) is 0 Å². The van der Waals surface area contributed by atoms with E-state index < -0.39 is 0 Å². The molecule has 0 aromatic carbocycles. The van der Waals surface area contributed by atoms with Gasteiger partial charge < -0.3 is 0 Å². The minimum absolute atomic E-state index is 0.117. The van der Waals surface area contributed by atoms with Crippen molar-refractivity contribution in [3.8, 4) is 0 Å². The zero-order valence-electron chi connectivity index (χ0n) is 9.77. The van der Waals surface area contributed by atoms with E-state index in [1.165, 1.54) is 32.1 Å². The van der Waals surface area contributed by atoms with Crippen LogP contribution in [0, 0.1) is 5.41 Å². The van der Waals surface area contributed by atoms with E-state index in [-0.39, 0.29) is 5.41 Å². The Balaban J connectivity index is 2.53. The third kappa shape index (κ3) is 2.59. The molecule has 0 amide bonds. The molecule has 82 valence electrons. The van der Waals surface area contributed by atoms with Crippen LogP contribution in [-0.2, 0) is 4.79 Å². The monoisotopic (exact) mass is 196 g/mol. The van der Waals surface area contributed by atoms with Crippen molar-refractivity contribution in [3.63, 3.8) is 0 Å². The summed E-state index contributed by atoms with van der Waals surface area (Å²) < 4.78 is 0. The second-order valence-electron chi connectivity index (χ2n) is 4.76. The van der Waals surface area contributed by atoms with Crippen molar-refractivity contribution >= 4 is 5.78 Å². The number of unbranched alkanes of at least 4 members (excludes halogenated alkanes) is 2. The van der Waals surface area contributed by atoms with Gasteiger partial charge in [-0.1, -0.05) is 39.5 Å². The average molecular weight is 196 g/mol. The highest BCUT2D eigenvalue weighted by atomic mass is 16.1. The van der Waals surface area contributed by atoms with E-state index in [0.29, 0.717) is 5.78 Å². The molecule has 0 aromatic heterocycles. The molecule has 0 spiro atoms. The summed E-state index contributed by atoms with van der Waals surface area (Å²) in [6.07, 6.45) is 10.4. The molecule has 1 saturated carbocycles. The molecule has 1 nitrogen and oxygen atoms in total. The molecule has 1 rings (SSSR count). The summed E-state index contributed by atoms with van der Waals surface area (Å²) in [6.45, 7) is 4.43. The Hall–Kier alpha value is -0.330. The molecule has 0 bridgehead atoms. The predicted molar refractivity (Wildman–Crippen MR) is 60.3 cm³/mol. The van der Waals surface area contributed by atoms with Gasteiger partial charge in [0.15, 0.2) is 0 Å². The third-order valence-corrected chi connectivity index (χ3v) is 3.67. The number of rotatable bonds is 6. The number of hydrogen-bond acceptors (Lipinski definition) is 1. The number of hydrogen-bond donors (Lipinski definition) is 0. The van der Waals surface area contributed by atoms with Gasteiger partial charge >= 0.3 is 0 Å². The smallest absolute Gasteiger partial charge is 0.139 e. The maximum atomic E-state index is 11.9. The summed E-state index contributed by atoms with van der Waals surface area (Å²) in [4.78, 5) is 11.9. The Morgan fingerprint density at radius 1 is 1.14 bits per heavy atom. The Morgan fingerprint density at radius 2 is 1.71 bits per heavy atom. The first-order chi connectivity index (χ1) is 6.75. The van der Waals surface area contributed by atoms with Gasteiger partial charge in [-0.05, 0) is 25.7 Å². The lowest BCUT2D eigenvalue weighted by atomic mass is 9.76. The van der Waals surface area contributed by atoms with Gasteiger partial charge in [-0.2, -0.15) is 0 Å². The minimum atomic E-state index is 0.117. The quantitative estimate of drug-likeness (QED) is 0.625. The zero-order chi connectivity index (χ0) is 10.4. The molecule has 0 N–H and O–H groups in total. The first-order valence-corrected chi connectivity index (χ1v) is 6.28. The molecule has 1 fully saturated rings. The number of ketones is 1. The van der Waals surface area contributed by atoms with E-state index >= 15 is 0 Å². The van der Waals surface area contributed by atoms with Crippen LogP contribution in [-0.4, -0.2) is 5.78 Å². The van der Waals surface area contributed by atoms with Crippen LogP contribution in [0.4, 0.5) is 0 Å². The molecule has 1 aliphatic rings. The molecular weight excluding hydrogens is 172 g/mol. The van der Waals surface area contributed by atoms with Crippen LogP contribution in [0.25, 0.3) is 0 Å². The Morgan fingerprint density at radius 3 is 2.07 bits per heavy atom. The van der Waals surface area contributed by atoms with Crippen LogP contribution >= 0.6 is 0 Å². The van der Waals surface area contributed by atoms with E-state index in [1.807, 2.05) is 0 Å². The lowest BCUT2D eigenvalue weighted by molar-refractivity contribution is -0.126. The van der Waals surface area contributed by atoms with Crippen molar-refractivity contribution < 1.29 is 4.79 Å². The molecule has 0 radical (unpaired) electrons. The summed E-state index contributed by atoms with van der Waals surface area (Å²) >= 11 is 0. The van der Waals surface area contributed by atoms with Crippen molar-refractivity contribution in [1.82, 2.24) is 0 Å². The maximum absolute atomic E-state index is 11.9. The van der Waals surface area contributed by atoms with Gasteiger partial charge in [0, 0.05) is 11.8 Å². The fourth-order valence-electron chi connectivity index (χ4n) is 2.68. The van der Waals surface area contributed by atoms with Crippen molar-refractivity contribution in [2.45, 2.75) is 71.6 Å². The molecule has 14 heavy (non-hydrogen) atoms. The molecule has 0 aliphatic heterocycles. The van der Waals surface area contributed by atoms with Crippen LogP contribution in [0.3, 0.4) is 0 Å². The van der Waals surface area contributed by atoms with Gasteiger partial charge in [-0.3, -0.25) is 4.79 Å². The molecule has 1 heteroatoms. The fourth-order valence-corrected chi connectivity index (χ4v) is 2.68. The highest BCUT2D eigenvalue weighted by molar-refractivity contribution is 5.86. The van der Waals surface area contributed by atoms with Crippen LogP contribution in [0.15, 0.2) is 0 Å². The number of carbonyl (C=O) groups excluding carboxylic acids is 1. The normalized spacial score (nSPS) is 20.3. The number of carbonyl (C=O) groups is 1. The Labute approximate surface area is 88.3 Å². The molecular formula is C13H24O. The maximum Gasteiger partial charge on any atom is 0.139 e. The Kier molecular flexibility index (Phi) is 4.64. The summed E-state index contributed by atoms with van der Waals surface area (Å²) in [7, 11) is 0. The van der Waals surface area contributed by atoms with Crippen molar-refractivity contribution in [1.29, 1.82) is 0 Å². The third-order valence-electron chi connectivity index (χ3n) is 3.67. The van der Waals surface area contributed by atoms with E-state index in [0.717, 1.165) is 25.7 Å². The van der Waals surface area contributed by atoms with Crippen molar-refractivity contribution in [3.05, 3.63) is 0 Å². The molecule has 0 aromatic rings. The lowest BCUT2D eigenvalue weighted by Crippen LogP contribution is -2.25. The highest BCUT2D eigenvalue weighted by Crippen LogP contribution is 2.43. The van der Waals surface area contributed by atoms with Gasteiger partial charge in [0.05, 0.1) is 0 Å². The van der Waals surface area contributed by atoms with E-state index in [4.69, 9.17) is 0 Å². The summed E-state index contributed by atoms with van der Waals surface area (Å²) in [5.41, 5.74) is 0.117. The van der Waals surface area contributed by atoms with Crippen LogP contribution in [0.1, 0.15) is 71.6 Å². The van der Waals surface area contributed by atoms with Crippen molar-refractivity contribution in [2.75, 3.05) is 0 Å². The molecule has 1 aliphatic carbocycles. The summed E-state index contributed by atoms with van der Waals surface area (Å²) in [5, 5.41) is 0. The number of Topliss-reactive ketones (excluding diaryl/α,β-unsaturated/α-hetero) is 1. The highest BCUT2D eigenvalue weighted by Gasteiger charge is 2.40. The van der Waals surface area contributed by atoms with Crippen LogP contribution in [0.2, 0.25) is 0 Å². The first-order valence-electron chi connectivity index (χ1n) is 6.28. The Bertz CT molecular complexity index is 176. The second-order valence-corrected chi connectivity index (χ2v) is 4.76. The molecule has 0 unspecified atom stereocenters. The lowest BCUT2D eigenvalue weighted by Gasteiger charge is -2.27. The summed E-state index contributed by atoms with van der Waals surface area (Å²) in [6, 6.07) is 0. The van der Waals surface area contributed by atoms with E-state index in [2.05, 4.69) is 13.8 Å². The SMILES string of the molecule is CCCCC1(CCCC)CCCC1=O. The van der Waals surface area contributed by atoms with Gasteiger partial charge in [0.25, 0.3) is 0 Å². The summed E-state index contributed by atoms with van der Waals surface area (Å²) in [5.74, 6) is 0.569. The van der Waals surface area contributed by atoms with E-state index in [9.17, 15) is 4.79 Å². The second kappa shape index (κ2) is 5.53. The first kappa shape index (κ1) is 11.7. The van der Waals surface area contributed by atoms with Gasteiger partial charge in [0.1, 0.15) is 5.78 Å².